The number of nitrogens with one attached hydrogen (secondary N) is 1. The zero-order chi connectivity index (χ0) is 16.1. The fraction of sp³-hybridized carbons (Fsp3) is 0.444. The van der Waals surface area contributed by atoms with Crippen molar-refractivity contribution in [2.75, 3.05) is 6.54 Å². The summed E-state index contributed by atoms with van der Waals surface area (Å²) in [5.41, 5.74) is 7.71. The monoisotopic (exact) mass is 312 g/mol. The summed E-state index contributed by atoms with van der Waals surface area (Å²) in [6.45, 7) is 0.596. The van der Waals surface area contributed by atoms with Crippen LogP contribution in [0.5, 0.6) is 0 Å². The van der Waals surface area contributed by atoms with Crippen LogP contribution in [0.25, 0.3) is 5.69 Å². The highest BCUT2D eigenvalue weighted by Gasteiger charge is 2.34. The van der Waals surface area contributed by atoms with Crippen molar-refractivity contribution in [1.29, 1.82) is 0 Å². The summed E-state index contributed by atoms with van der Waals surface area (Å²) < 4.78 is 1.85. The number of carbonyl (C=O) groups is 1. The number of carbonyl (C=O) groups excluding carboxylic acids is 1. The van der Waals surface area contributed by atoms with Crippen molar-refractivity contribution in [3.05, 3.63) is 48.3 Å². The Hall–Kier alpha value is -2.14. The summed E-state index contributed by atoms with van der Waals surface area (Å²) in [6.07, 6.45) is 9.48. The summed E-state index contributed by atoms with van der Waals surface area (Å²) in [7, 11) is 0. The van der Waals surface area contributed by atoms with Crippen molar-refractivity contribution in [2.24, 2.45) is 5.73 Å². The van der Waals surface area contributed by atoms with Gasteiger partial charge in [0.15, 0.2) is 0 Å². The van der Waals surface area contributed by atoms with Gasteiger partial charge in [0.25, 0.3) is 0 Å². The largest absolute Gasteiger partial charge is 0.354 e. The third-order valence-electron chi connectivity index (χ3n) is 4.55. The van der Waals surface area contributed by atoms with Crippen LogP contribution in [0.4, 0.5) is 0 Å². The van der Waals surface area contributed by atoms with Crippen LogP contribution in [-0.2, 0) is 11.2 Å². The standard InChI is InChI=1S/C18H24N4O/c19-18(10-5-2-6-11-18)17(23)20-12-9-15-13-21-22(14-15)16-7-3-1-4-8-16/h1,3-4,7-8,13-14H,2,5-6,9-12,19H2,(H,20,23). The molecule has 5 heteroatoms. The molecule has 0 radical (unpaired) electrons. The summed E-state index contributed by atoms with van der Waals surface area (Å²) in [5, 5.41) is 7.36. The van der Waals surface area contributed by atoms with Crippen LogP contribution in [-0.4, -0.2) is 27.8 Å². The molecule has 0 aliphatic heterocycles. The fourth-order valence-corrected chi connectivity index (χ4v) is 3.12. The number of amides is 1. The molecule has 0 unspecified atom stereocenters. The lowest BCUT2D eigenvalue weighted by atomic mass is 9.82. The van der Waals surface area contributed by atoms with Crippen LogP contribution in [0.15, 0.2) is 42.7 Å². The molecule has 3 N–H and O–H groups in total. The van der Waals surface area contributed by atoms with Gasteiger partial charge in [-0.05, 0) is 37.0 Å². The van der Waals surface area contributed by atoms with E-state index in [0.717, 1.165) is 43.4 Å². The number of nitrogens with two attached hydrogens (primary N) is 1. The molecule has 5 nitrogen and oxygen atoms in total. The molecule has 1 amide bonds. The average Bonchev–Trinajstić information content (AvgIpc) is 3.05. The van der Waals surface area contributed by atoms with Crippen molar-refractivity contribution in [3.63, 3.8) is 0 Å². The predicted molar refractivity (Wildman–Crippen MR) is 90.3 cm³/mol. The molecule has 0 atom stereocenters. The Morgan fingerprint density at radius 2 is 1.96 bits per heavy atom. The van der Waals surface area contributed by atoms with E-state index >= 15 is 0 Å². The van der Waals surface area contributed by atoms with Gasteiger partial charge in [-0.2, -0.15) is 5.10 Å². The Labute approximate surface area is 136 Å². The summed E-state index contributed by atoms with van der Waals surface area (Å²) in [6, 6.07) is 9.99. The molecular formula is C18H24N4O. The Kier molecular flexibility index (Phi) is 4.76. The van der Waals surface area contributed by atoms with E-state index < -0.39 is 5.54 Å². The van der Waals surface area contributed by atoms with Gasteiger partial charge in [-0.1, -0.05) is 37.5 Å². The molecule has 3 rings (SSSR count). The first-order valence-corrected chi connectivity index (χ1v) is 8.34. The van der Waals surface area contributed by atoms with E-state index in [0.29, 0.717) is 6.54 Å². The first kappa shape index (κ1) is 15.7. The second-order valence-electron chi connectivity index (χ2n) is 6.35. The molecular weight excluding hydrogens is 288 g/mol. The second-order valence-corrected chi connectivity index (χ2v) is 6.35. The first-order chi connectivity index (χ1) is 11.2. The van der Waals surface area contributed by atoms with Gasteiger partial charge in [0.2, 0.25) is 5.91 Å². The lowest BCUT2D eigenvalue weighted by Crippen LogP contribution is -2.55. The van der Waals surface area contributed by atoms with Crippen LogP contribution in [0.1, 0.15) is 37.7 Å². The van der Waals surface area contributed by atoms with Gasteiger partial charge in [0.1, 0.15) is 0 Å². The van der Waals surface area contributed by atoms with E-state index in [1.165, 1.54) is 6.42 Å². The van der Waals surface area contributed by atoms with E-state index in [9.17, 15) is 4.79 Å². The zero-order valence-electron chi connectivity index (χ0n) is 13.4. The summed E-state index contributed by atoms with van der Waals surface area (Å²) in [4.78, 5) is 12.3. The number of rotatable bonds is 5. The van der Waals surface area contributed by atoms with Crippen LogP contribution in [0.3, 0.4) is 0 Å². The van der Waals surface area contributed by atoms with Crippen LogP contribution >= 0.6 is 0 Å². The first-order valence-electron chi connectivity index (χ1n) is 8.34. The molecule has 2 aromatic rings. The summed E-state index contributed by atoms with van der Waals surface area (Å²) in [5.74, 6) is -0.00680. The minimum atomic E-state index is -0.660. The molecule has 1 heterocycles. The Bertz CT molecular complexity index is 644. The molecule has 0 bridgehead atoms. The Morgan fingerprint density at radius 1 is 1.22 bits per heavy atom. The van der Waals surface area contributed by atoms with Gasteiger partial charge in [0, 0.05) is 12.7 Å². The fourth-order valence-electron chi connectivity index (χ4n) is 3.12. The van der Waals surface area contributed by atoms with Gasteiger partial charge in [-0.3, -0.25) is 4.79 Å². The number of hydrogen-bond donors (Lipinski definition) is 2. The Morgan fingerprint density at radius 3 is 2.70 bits per heavy atom. The van der Waals surface area contributed by atoms with Crippen LogP contribution < -0.4 is 11.1 Å². The van der Waals surface area contributed by atoms with E-state index in [-0.39, 0.29) is 5.91 Å². The number of benzene rings is 1. The Balaban J connectivity index is 1.51. The highest BCUT2D eigenvalue weighted by Crippen LogP contribution is 2.25. The lowest BCUT2D eigenvalue weighted by molar-refractivity contribution is -0.127. The van der Waals surface area contributed by atoms with Gasteiger partial charge in [-0.15, -0.1) is 0 Å². The van der Waals surface area contributed by atoms with Crippen molar-refractivity contribution in [1.82, 2.24) is 15.1 Å². The molecule has 1 aromatic heterocycles. The molecule has 1 saturated carbocycles. The normalized spacial score (nSPS) is 16.9. The molecule has 0 spiro atoms. The van der Waals surface area contributed by atoms with Crippen molar-refractivity contribution < 1.29 is 4.79 Å². The van der Waals surface area contributed by atoms with E-state index in [1.54, 1.807) is 0 Å². The average molecular weight is 312 g/mol. The lowest BCUT2D eigenvalue weighted by Gasteiger charge is -2.31. The smallest absolute Gasteiger partial charge is 0.240 e. The van der Waals surface area contributed by atoms with Crippen LogP contribution in [0.2, 0.25) is 0 Å². The SMILES string of the molecule is NC1(C(=O)NCCc2cnn(-c3ccccc3)c2)CCCCC1. The van der Waals surface area contributed by atoms with Gasteiger partial charge in [0.05, 0.1) is 17.4 Å². The van der Waals surface area contributed by atoms with E-state index in [1.807, 2.05) is 47.4 Å². The molecule has 1 fully saturated rings. The maximum Gasteiger partial charge on any atom is 0.240 e. The number of aromatic nitrogens is 2. The minimum absolute atomic E-state index is 0.00680. The van der Waals surface area contributed by atoms with E-state index in [4.69, 9.17) is 5.73 Å². The third-order valence-corrected chi connectivity index (χ3v) is 4.55. The highest BCUT2D eigenvalue weighted by molar-refractivity contribution is 5.86. The second kappa shape index (κ2) is 6.96. The van der Waals surface area contributed by atoms with Crippen LogP contribution in [0, 0.1) is 0 Å². The van der Waals surface area contributed by atoms with Gasteiger partial charge in [-0.25, -0.2) is 4.68 Å². The third kappa shape index (κ3) is 3.79. The van der Waals surface area contributed by atoms with Crippen molar-refractivity contribution in [2.45, 2.75) is 44.1 Å². The minimum Gasteiger partial charge on any atom is -0.354 e. The zero-order valence-corrected chi connectivity index (χ0v) is 13.4. The highest BCUT2D eigenvalue weighted by atomic mass is 16.2. The molecule has 1 aromatic carbocycles. The summed E-state index contributed by atoms with van der Waals surface area (Å²) >= 11 is 0. The van der Waals surface area contributed by atoms with Gasteiger partial charge < -0.3 is 11.1 Å². The topological polar surface area (TPSA) is 72.9 Å². The maximum absolute atomic E-state index is 12.3. The molecule has 1 aliphatic carbocycles. The quantitative estimate of drug-likeness (QED) is 0.889. The molecule has 23 heavy (non-hydrogen) atoms. The van der Waals surface area contributed by atoms with E-state index in [2.05, 4.69) is 10.4 Å². The number of para-hydroxylation sites is 1. The van der Waals surface area contributed by atoms with Crippen molar-refractivity contribution in [3.8, 4) is 5.69 Å². The molecule has 0 saturated heterocycles. The number of hydrogen-bond acceptors (Lipinski definition) is 3. The molecule has 1 aliphatic rings. The molecule has 122 valence electrons. The predicted octanol–water partition coefficient (Wildman–Crippen LogP) is 2.19. The maximum atomic E-state index is 12.3. The number of nitrogens with zero attached hydrogens (tertiary/aromatic N) is 2. The van der Waals surface area contributed by atoms with Crippen molar-refractivity contribution >= 4 is 5.91 Å². The van der Waals surface area contributed by atoms with Gasteiger partial charge >= 0.3 is 0 Å².